The van der Waals surface area contributed by atoms with E-state index in [2.05, 4.69) is 5.32 Å². The molecule has 0 aliphatic heterocycles. The highest BCUT2D eigenvalue weighted by Crippen LogP contribution is 2.24. The summed E-state index contributed by atoms with van der Waals surface area (Å²) >= 11 is 0. The van der Waals surface area contributed by atoms with Crippen LogP contribution in [0, 0.1) is 0 Å². The number of nitrogens with zero attached hydrogens (tertiary/aromatic N) is 1. The first kappa shape index (κ1) is 21.9. The predicted molar refractivity (Wildman–Crippen MR) is 106 cm³/mol. The fourth-order valence-corrected chi connectivity index (χ4v) is 3.96. The summed E-state index contributed by atoms with van der Waals surface area (Å²) in [6.45, 7) is 1.21. The summed E-state index contributed by atoms with van der Waals surface area (Å²) < 4.78 is 32.1. The maximum atomic E-state index is 13.0. The molecule has 0 aliphatic carbocycles. The van der Waals surface area contributed by atoms with Crippen LogP contribution in [0.15, 0.2) is 59.5 Å². The Bertz CT molecular complexity index is 992. The number of urea groups is 1. The van der Waals surface area contributed by atoms with Crippen LogP contribution < -0.4 is 14.9 Å². The van der Waals surface area contributed by atoms with Crippen LogP contribution >= 0.6 is 0 Å². The SMILES string of the molecule is CCN(c1ccccc1)S(=O)(=O)c1cccc(C(=O)OCC(=O)NC(=O)NC)c1. The van der Waals surface area contributed by atoms with Gasteiger partial charge >= 0.3 is 12.0 Å². The Morgan fingerprint density at radius 1 is 1.03 bits per heavy atom. The van der Waals surface area contributed by atoms with Crippen LogP contribution in [0.1, 0.15) is 17.3 Å². The average Bonchev–Trinajstić information content (AvgIpc) is 2.73. The first-order valence-electron chi connectivity index (χ1n) is 8.66. The fraction of sp³-hybridized carbons (Fsp3) is 0.211. The zero-order valence-corrected chi connectivity index (χ0v) is 16.7. The molecular weight excluding hydrogens is 398 g/mol. The highest BCUT2D eigenvalue weighted by atomic mass is 32.2. The monoisotopic (exact) mass is 419 g/mol. The van der Waals surface area contributed by atoms with Gasteiger partial charge in [-0.2, -0.15) is 0 Å². The van der Waals surface area contributed by atoms with Crippen molar-refractivity contribution in [2.24, 2.45) is 0 Å². The molecule has 0 saturated carbocycles. The van der Waals surface area contributed by atoms with Crippen molar-refractivity contribution in [1.82, 2.24) is 10.6 Å². The Balaban J connectivity index is 2.18. The van der Waals surface area contributed by atoms with Crippen LogP contribution in [-0.4, -0.2) is 46.5 Å². The highest BCUT2D eigenvalue weighted by Gasteiger charge is 2.24. The molecule has 0 aliphatic rings. The summed E-state index contributed by atoms with van der Waals surface area (Å²) in [6, 6.07) is 13.2. The van der Waals surface area contributed by atoms with Gasteiger partial charge < -0.3 is 10.1 Å². The number of esters is 1. The number of ether oxygens (including phenoxy) is 1. The number of nitrogens with one attached hydrogen (secondary N) is 2. The molecule has 0 atom stereocenters. The molecule has 2 N–H and O–H groups in total. The maximum Gasteiger partial charge on any atom is 0.338 e. The van der Waals surface area contributed by atoms with Crippen molar-refractivity contribution in [3.8, 4) is 0 Å². The lowest BCUT2D eigenvalue weighted by atomic mass is 10.2. The van der Waals surface area contributed by atoms with E-state index in [9.17, 15) is 22.8 Å². The Hall–Kier alpha value is -3.40. The van der Waals surface area contributed by atoms with Crippen molar-refractivity contribution in [3.63, 3.8) is 0 Å². The molecule has 2 aromatic carbocycles. The highest BCUT2D eigenvalue weighted by molar-refractivity contribution is 7.92. The Kier molecular flexibility index (Phi) is 7.32. The summed E-state index contributed by atoms with van der Waals surface area (Å²) in [5.41, 5.74) is 0.455. The molecule has 154 valence electrons. The van der Waals surface area contributed by atoms with E-state index in [0.717, 1.165) is 0 Å². The van der Waals surface area contributed by atoms with Crippen molar-refractivity contribution in [2.45, 2.75) is 11.8 Å². The number of hydrogen-bond donors (Lipinski definition) is 2. The first-order chi connectivity index (χ1) is 13.8. The summed E-state index contributed by atoms with van der Waals surface area (Å²) in [5.74, 6) is -1.71. The smallest absolute Gasteiger partial charge is 0.338 e. The standard InChI is InChI=1S/C19H21N3O6S/c1-3-22(15-9-5-4-6-10-15)29(26,27)16-11-7-8-14(12-16)18(24)28-13-17(23)21-19(25)20-2/h4-12H,3,13H2,1-2H3,(H2,20,21,23,25). The van der Waals surface area contributed by atoms with Crippen LogP contribution in [0.5, 0.6) is 0 Å². The van der Waals surface area contributed by atoms with Crippen LogP contribution in [-0.2, 0) is 19.6 Å². The molecule has 0 saturated heterocycles. The number of benzene rings is 2. The molecule has 9 nitrogen and oxygen atoms in total. The molecule has 2 aromatic rings. The van der Waals surface area contributed by atoms with E-state index >= 15 is 0 Å². The molecule has 0 spiro atoms. The lowest BCUT2D eigenvalue weighted by Crippen LogP contribution is -2.39. The number of rotatable bonds is 7. The molecule has 0 bridgehead atoms. The second-order valence-electron chi connectivity index (χ2n) is 5.74. The zero-order chi connectivity index (χ0) is 21.4. The lowest BCUT2D eigenvalue weighted by Gasteiger charge is -2.23. The minimum atomic E-state index is -3.92. The van der Waals surface area contributed by atoms with E-state index in [4.69, 9.17) is 4.74 Å². The molecule has 3 amide bonds. The van der Waals surface area contributed by atoms with E-state index in [1.54, 1.807) is 37.3 Å². The number of sulfonamides is 1. The second-order valence-corrected chi connectivity index (χ2v) is 7.60. The van der Waals surface area contributed by atoms with Gasteiger partial charge in [0.05, 0.1) is 16.1 Å². The van der Waals surface area contributed by atoms with Crippen molar-refractivity contribution < 1.29 is 27.5 Å². The third kappa shape index (κ3) is 5.55. The topological polar surface area (TPSA) is 122 Å². The molecule has 10 heteroatoms. The molecule has 0 fully saturated rings. The summed E-state index contributed by atoms with van der Waals surface area (Å²) in [5, 5.41) is 4.13. The van der Waals surface area contributed by atoms with Crippen LogP contribution in [0.2, 0.25) is 0 Å². The van der Waals surface area contributed by atoms with Gasteiger partial charge in [0.25, 0.3) is 15.9 Å². The van der Waals surface area contributed by atoms with Gasteiger partial charge in [-0.1, -0.05) is 24.3 Å². The van der Waals surface area contributed by atoms with Crippen LogP contribution in [0.4, 0.5) is 10.5 Å². The number of carbonyl (C=O) groups is 3. The van der Waals surface area contributed by atoms with Gasteiger partial charge in [-0.15, -0.1) is 0 Å². The molecule has 0 unspecified atom stereocenters. The fourth-order valence-electron chi connectivity index (χ4n) is 2.44. The lowest BCUT2D eigenvalue weighted by molar-refractivity contribution is -0.123. The normalized spacial score (nSPS) is 10.7. The second kappa shape index (κ2) is 9.69. The summed E-state index contributed by atoms with van der Waals surface area (Å²) in [7, 11) is -2.59. The summed E-state index contributed by atoms with van der Waals surface area (Å²) in [4.78, 5) is 34.6. The van der Waals surface area contributed by atoms with Gasteiger partial charge in [0, 0.05) is 13.6 Å². The predicted octanol–water partition coefficient (Wildman–Crippen LogP) is 1.51. The third-order valence-corrected chi connectivity index (χ3v) is 5.70. The van der Waals surface area contributed by atoms with E-state index in [0.29, 0.717) is 5.69 Å². The number of anilines is 1. The van der Waals surface area contributed by atoms with Crippen molar-refractivity contribution >= 4 is 33.6 Å². The van der Waals surface area contributed by atoms with Gasteiger partial charge in [-0.25, -0.2) is 18.0 Å². The quantitative estimate of drug-likeness (QED) is 0.656. The number of imide groups is 1. The molecule has 0 aromatic heterocycles. The Morgan fingerprint density at radius 3 is 2.34 bits per heavy atom. The van der Waals surface area contributed by atoms with Gasteiger partial charge in [0.1, 0.15) is 0 Å². The Morgan fingerprint density at radius 2 is 1.72 bits per heavy atom. The van der Waals surface area contributed by atoms with Crippen molar-refractivity contribution in [2.75, 3.05) is 24.5 Å². The van der Waals surface area contributed by atoms with Gasteiger partial charge in [-0.3, -0.25) is 14.4 Å². The van der Waals surface area contributed by atoms with Crippen molar-refractivity contribution in [1.29, 1.82) is 0 Å². The number of hydrogen-bond acceptors (Lipinski definition) is 6. The minimum Gasteiger partial charge on any atom is -0.452 e. The number of para-hydroxylation sites is 1. The van der Waals surface area contributed by atoms with Gasteiger partial charge in [0.15, 0.2) is 6.61 Å². The largest absolute Gasteiger partial charge is 0.452 e. The molecule has 0 heterocycles. The van der Waals surface area contributed by atoms with Crippen LogP contribution in [0.3, 0.4) is 0 Å². The minimum absolute atomic E-state index is 0.0390. The van der Waals surface area contributed by atoms with Crippen molar-refractivity contribution in [3.05, 3.63) is 60.2 Å². The van der Waals surface area contributed by atoms with Crippen LogP contribution in [0.25, 0.3) is 0 Å². The summed E-state index contributed by atoms with van der Waals surface area (Å²) in [6.07, 6.45) is 0. The number of amides is 3. The third-order valence-electron chi connectivity index (χ3n) is 3.80. The van der Waals surface area contributed by atoms with Gasteiger partial charge in [0.2, 0.25) is 0 Å². The van der Waals surface area contributed by atoms with E-state index in [1.165, 1.54) is 35.6 Å². The van der Waals surface area contributed by atoms with E-state index in [-0.39, 0.29) is 17.0 Å². The first-order valence-corrected chi connectivity index (χ1v) is 10.1. The number of carbonyl (C=O) groups excluding carboxylic acids is 3. The molecular formula is C19H21N3O6S. The van der Waals surface area contributed by atoms with E-state index < -0.39 is 34.5 Å². The van der Waals surface area contributed by atoms with Gasteiger partial charge in [-0.05, 0) is 37.3 Å². The zero-order valence-electron chi connectivity index (χ0n) is 15.9. The molecule has 0 radical (unpaired) electrons. The maximum absolute atomic E-state index is 13.0. The Labute approximate surface area is 168 Å². The molecule has 2 rings (SSSR count). The average molecular weight is 419 g/mol. The van der Waals surface area contributed by atoms with E-state index in [1.807, 2.05) is 5.32 Å². The molecule has 29 heavy (non-hydrogen) atoms.